The van der Waals surface area contributed by atoms with Crippen molar-refractivity contribution >= 4 is 17.3 Å². The highest BCUT2D eigenvalue weighted by atomic mass is 16.6. The molecule has 0 fully saturated rings. The molecular weight excluding hydrogens is 366 g/mol. The number of benzene rings is 1. The number of hydrogen-bond acceptors (Lipinski definition) is 4. The highest BCUT2D eigenvalue weighted by Gasteiger charge is 2.18. The maximum Gasteiger partial charge on any atom is 0.273 e. The molecule has 0 aliphatic carbocycles. The molecule has 29 heavy (non-hydrogen) atoms. The van der Waals surface area contributed by atoms with E-state index in [1.54, 1.807) is 13.0 Å². The Morgan fingerprint density at radius 3 is 2.14 bits per heavy atom. The molecule has 1 aromatic rings. The number of hydrogen-bond donors (Lipinski definition) is 2. The molecule has 1 unspecified atom stereocenters. The highest BCUT2D eigenvalue weighted by molar-refractivity contribution is 5.99. The van der Waals surface area contributed by atoms with Crippen LogP contribution in [0.25, 0.3) is 0 Å². The Bertz CT molecular complexity index is 647. The maximum atomic E-state index is 11.7. The van der Waals surface area contributed by atoms with Gasteiger partial charge in [-0.2, -0.15) is 0 Å². The number of carbonyl (C=O) groups is 1. The number of aryl methyl sites for hydroxylation is 1. The number of nitro groups is 1. The number of nitrogens with one attached hydrogen (secondary N) is 1. The van der Waals surface area contributed by atoms with E-state index in [9.17, 15) is 14.9 Å². The molecule has 0 saturated heterocycles. The monoisotopic (exact) mass is 405 g/mol. The zero-order valence-corrected chi connectivity index (χ0v) is 18.5. The number of carbonyl (C=O) groups excluding carboxylic acids is 1. The molecule has 0 radical (unpaired) electrons. The maximum absolute atomic E-state index is 11.7. The van der Waals surface area contributed by atoms with Gasteiger partial charge in [0, 0.05) is 23.9 Å². The standard InChI is InChI=1S/C23H39N3O3/c1-4-5-6-7-8-9-10-11-12-13-14-18(2)17-25-21-15-19(3)22(26(28)29)16-20(21)23(24)27/h15-16,18,25H,4-14,17H2,1-3H3,(H2,24,27). The second-order valence-corrected chi connectivity index (χ2v) is 8.26. The van der Waals surface area contributed by atoms with Crippen molar-refractivity contribution in [1.82, 2.24) is 0 Å². The van der Waals surface area contributed by atoms with Gasteiger partial charge in [0.1, 0.15) is 0 Å². The summed E-state index contributed by atoms with van der Waals surface area (Å²) < 4.78 is 0. The molecule has 1 rings (SSSR count). The largest absolute Gasteiger partial charge is 0.384 e. The number of anilines is 1. The summed E-state index contributed by atoms with van der Waals surface area (Å²) in [6.07, 6.45) is 14.4. The van der Waals surface area contributed by atoms with Gasteiger partial charge in [0.15, 0.2) is 0 Å². The Morgan fingerprint density at radius 2 is 1.62 bits per heavy atom. The van der Waals surface area contributed by atoms with Crippen molar-refractivity contribution in [3.8, 4) is 0 Å². The van der Waals surface area contributed by atoms with Gasteiger partial charge in [0.25, 0.3) is 11.6 Å². The first kappa shape index (κ1) is 24.9. The number of nitrogens with two attached hydrogens (primary N) is 1. The zero-order valence-electron chi connectivity index (χ0n) is 18.5. The van der Waals surface area contributed by atoms with Crippen LogP contribution in [-0.4, -0.2) is 17.4 Å². The molecule has 0 saturated carbocycles. The van der Waals surface area contributed by atoms with Crippen molar-refractivity contribution in [2.75, 3.05) is 11.9 Å². The molecule has 6 heteroatoms. The number of unbranched alkanes of at least 4 members (excludes halogenated alkanes) is 9. The van der Waals surface area contributed by atoms with Crippen LogP contribution >= 0.6 is 0 Å². The Labute approximate surface area is 175 Å². The van der Waals surface area contributed by atoms with Gasteiger partial charge >= 0.3 is 0 Å². The fourth-order valence-electron chi connectivity index (χ4n) is 3.61. The summed E-state index contributed by atoms with van der Waals surface area (Å²) in [5.74, 6) is -0.196. The highest BCUT2D eigenvalue weighted by Crippen LogP contribution is 2.27. The van der Waals surface area contributed by atoms with Crippen LogP contribution in [0.2, 0.25) is 0 Å². The molecule has 1 atom stereocenters. The van der Waals surface area contributed by atoms with Crippen molar-refractivity contribution in [3.05, 3.63) is 33.4 Å². The number of rotatable bonds is 16. The van der Waals surface area contributed by atoms with Crippen LogP contribution in [0, 0.1) is 23.0 Å². The van der Waals surface area contributed by atoms with Crippen molar-refractivity contribution in [3.63, 3.8) is 0 Å². The van der Waals surface area contributed by atoms with Crippen LogP contribution in [-0.2, 0) is 0 Å². The summed E-state index contributed by atoms with van der Waals surface area (Å²) in [5, 5.41) is 14.3. The first-order valence-electron chi connectivity index (χ1n) is 11.2. The van der Waals surface area contributed by atoms with Gasteiger partial charge in [-0.25, -0.2) is 0 Å². The smallest absolute Gasteiger partial charge is 0.273 e. The van der Waals surface area contributed by atoms with Gasteiger partial charge in [0.05, 0.1) is 10.5 Å². The Balaban J connectivity index is 2.31. The van der Waals surface area contributed by atoms with Gasteiger partial charge in [0.2, 0.25) is 0 Å². The third-order valence-corrected chi connectivity index (χ3v) is 5.49. The topological polar surface area (TPSA) is 98.3 Å². The van der Waals surface area contributed by atoms with E-state index in [-0.39, 0.29) is 11.3 Å². The first-order valence-corrected chi connectivity index (χ1v) is 11.2. The van der Waals surface area contributed by atoms with E-state index in [0.717, 1.165) is 13.0 Å². The molecule has 3 N–H and O–H groups in total. The van der Waals surface area contributed by atoms with Crippen LogP contribution in [0.4, 0.5) is 11.4 Å². The summed E-state index contributed by atoms with van der Waals surface area (Å²) >= 11 is 0. The van der Waals surface area contributed by atoms with Crippen molar-refractivity contribution in [2.45, 2.75) is 91.4 Å². The summed E-state index contributed by atoms with van der Waals surface area (Å²) in [7, 11) is 0. The molecule has 164 valence electrons. The van der Waals surface area contributed by atoms with Gasteiger partial charge in [-0.15, -0.1) is 0 Å². The van der Waals surface area contributed by atoms with Crippen LogP contribution in [0.5, 0.6) is 0 Å². The number of primary amides is 1. The molecule has 6 nitrogen and oxygen atoms in total. The lowest BCUT2D eigenvalue weighted by atomic mass is 10.0. The van der Waals surface area contributed by atoms with Gasteiger partial charge in [-0.1, -0.05) is 78.1 Å². The lowest BCUT2D eigenvalue weighted by Crippen LogP contribution is -2.18. The molecular formula is C23H39N3O3. The average molecular weight is 406 g/mol. The summed E-state index contributed by atoms with van der Waals surface area (Å²) in [6, 6.07) is 2.92. The predicted molar refractivity (Wildman–Crippen MR) is 120 cm³/mol. The fourth-order valence-corrected chi connectivity index (χ4v) is 3.61. The summed E-state index contributed by atoms with van der Waals surface area (Å²) in [4.78, 5) is 22.3. The van der Waals surface area contributed by atoms with E-state index in [4.69, 9.17) is 5.73 Å². The minimum Gasteiger partial charge on any atom is -0.384 e. The lowest BCUT2D eigenvalue weighted by Gasteiger charge is -2.16. The number of amides is 1. The SMILES string of the molecule is CCCCCCCCCCCCC(C)CNc1cc(C)c([N+](=O)[O-])cc1C(N)=O. The second-order valence-electron chi connectivity index (χ2n) is 8.26. The number of nitrogens with zero attached hydrogens (tertiary/aromatic N) is 1. The molecule has 0 heterocycles. The summed E-state index contributed by atoms with van der Waals surface area (Å²) in [6.45, 7) is 6.82. The summed E-state index contributed by atoms with van der Waals surface area (Å²) in [5.41, 5.74) is 6.60. The van der Waals surface area contributed by atoms with Crippen LogP contribution in [0.3, 0.4) is 0 Å². The third-order valence-electron chi connectivity index (χ3n) is 5.49. The van der Waals surface area contributed by atoms with Crippen molar-refractivity contribution in [2.24, 2.45) is 11.7 Å². The molecule has 1 amide bonds. The van der Waals surface area contributed by atoms with E-state index in [0.29, 0.717) is 17.2 Å². The normalized spacial score (nSPS) is 12.0. The van der Waals surface area contributed by atoms with Crippen LogP contribution in [0.1, 0.15) is 100 Å². The van der Waals surface area contributed by atoms with Gasteiger partial charge in [-0.3, -0.25) is 14.9 Å². The zero-order chi connectivity index (χ0) is 21.6. The van der Waals surface area contributed by atoms with Crippen LogP contribution < -0.4 is 11.1 Å². The van der Waals surface area contributed by atoms with E-state index in [1.165, 1.54) is 70.3 Å². The average Bonchev–Trinajstić information content (AvgIpc) is 2.67. The van der Waals surface area contributed by atoms with E-state index in [1.807, 2.05) is 0 Å². The van der Waals surface area contributed by atoms with E-state index in [2.05, 4.69) is 19.2 Å². The predicted octanol–water partition coefficient (Wildman–Crippen LogP) is 6.36. The molecule has 0 aliphatic heterocycles. The lowest BCUT2D eigenvalue weighted by molar-refractivity contribution is -0.385. The Morgan fingerprint density at radius 1 is 1.07 bits per heavy atom. The minimum atomic E-state index is -0.655. The van der Waals surface area contributed by atoms with Crippen molar-refractivity contribution in [1.29, 1.82) is 0 Å². The van der Waals surface area contributed by atoms with Crippen molar-refractivity contribution < 1.29 is 9.72 Å². The van der Waals surface area contributed by atoms with Gasteiger partial charge < -0.3 is 11.1 Å². The van der Waals surface area contributed by atoms with Crippen LogP contribution in [0.15, 0.2) is 12.1 Å². The van der Waals surface area contributed by atoms with Gasteiger partial charge in [-0.05, 0) is 25.3 Å². The fraction of sp³-hybridized carbons (Fsp3) is 0.696. The minimum absolute atomic E-state index is 0.0808. The second kappa shape index (κ2) is 14.0. The van der Waals surface area contributed by atoms with E-state index >= 15 is 0 Å². The molecule has 1 aromatic carbocycles. The quantitative estimate of drug-likeness (QED) is 0.190. The van der Waals surface area contributed by atoms with E-state index < -0.39 is 10.8 Å². The Kier molecular flexibility index (Phi) is 12.0. The number of nitro benzene ring substituents is 1. The Hall–Kier alpha value is -2.11. The molecule has 0 bridgehead atoms. The molecule has 0 aliphatic rings. The third kappa shape index (κ3) is 9.77. The molecule has 0 aromatic heterocycles. The molecule has 0 spiro atoms. The first-order chi connectivity index (χ1) is 13.9.